The molecule has 4 nitrogen and oxygen atoms in total. The predicted molar refractivity (Wildman–Crippen MR) is 107 cm³/mol. The van der Waals surface area contributed by atoms with Gasteiger partial charge in [-0.2, -0.15) is 0 Å². The van der Waals surface area contributed by atoms with Crippen LogP contribution in [0.1, 0.15) is 20.0 Å². The number of primary amides is 1. The van der Waals surface area contributed by atoms with E-state index in [-0.39, 0.29) is 11.5 Å². The van der Waals surface area contributed by atoms with Crippen molar-refractivity contribution in [3.63, 3.8) is 0 Å². The van der Waals surface area contributed by atoms with Crippen molar-refractivity contribution in [3.05, 3.63) is 76.1 Å². The topological polar surface area (TPSA) is 72.2 Å². The molecule has 3 aromatic carbocycles. The fraction of sp³-hybridized carbons (Fsp3) is 0. The summed E-state index contributed by atoms with van der Waals surface area (Å²) >= 11 is 7.88. The first-order valence-corrected chi connectivity index (χ1v) is 9.05. The summed E-state index contributed by atoms with van der Waals surface area (Å²) in [6.07, 6.45) is 0. The van der Waals surface area contributed by atoms with Gasteiger partial charge >= 0.3 is 0 Å². The van der Waals surface area contributed by atoms with Crippen LogP contribution in [0.3, 0.4) is 0 Å². The van der Waals surface area contributed by atoms with Gasteiger partial charge in [-0.1, -0.05) is 54.1 Å². The number of nitrogens with one attached hydrogen (secondary N) is 1. The number of carbonyl (C=O) groups is 2. The summed E-state index contributed by atoms with van der Waals surface area (Å²) in [7, 11) is 0. The summed E-state index contributed by atoms with van der Waals surface area (Å²) in [6.45, 7) is 0. The SMILES string of the molecule is NC(=O)c1ccccc1NC(=O)c1sc2ccc3ccccc3c2c1Cl. The monoisotopic (exact) mass is 380 g/mol. The first kappa shape index (κ1) is 16.6. The summed E-state index contributed by atoms with van der Waals surface area (Å²) < 4.78 is 0.932. The van der Waals surface area contributed by atoms with Gasteiger partial charge in [-0.05, 0) is 29.0 Å². The fourth-order valence-electron chi connectivity index (χ4n) is 2.96. The molecule has 0 saturated carbocycles. The first-order chi connectivity index (χ1) is 12.6. The Kier molecular flexibility index (Phi) is 4.11. The number of anilines is 1. The van der Waals surface area contributed by atoms with Crippen LogP contribution in [0.15, 0.2) is 60.7 Å². The third-order valence-corrected chi connectivity index (χ3v) is 5.81. The van der Waals surface area contributed by atoms with E-state index in [1.54, 1.807) is 24.3 Å². The minimum absolute atomic E-state index is 0.253. The highest BCUT2D eigenvalue weighted by Gasteiger charge is 2.20. The highest BCUT2D eigenvalue weighted by Crippen LogP contribution is 2.40. The van der Waals surface area contributed by atoms with Crippen molar-refractivity contribution in [2.45, 2.75) is 0 Å². The fourth-order valence-corrected chi connectivity index (χ4v) is 4.43. The quantitative estimate of drug-likeness (QED) is 0.521. The number of fused-ring (bicyclic) bond motifs is 3. The maximum Gasteiger partial charge on any atom is 0.267 e. The molecular weight excluding hydrogens is 368 g/mol. The van der Waals surface area contributed by atoms with Crippen molar-refractivity contribution in [3.8, 4) is 0 Å². The van der Waals surface area contributed by atoms with Crippen molar-refractivity contribution in [2.24, 2.45) is 5.73 Å². The molecule has 2 amide bonds. The third kappa shape index (κ3) is 2.71. The number of nitrogens with two attached hydrogens (primary N) is 1. The van der Waals surface area contributed by atoms with Crippen LogP contribution >= 0.6 is 22.9 Å². The van der Waals surface area contributed by atoms with Crippen molar-refractivity contribution in [2.75, 3.05) is 5.32 Å². The van der Waals surface area contributed by atoms with E-state index < -0.39 is 5.91 Å². The van der Waals surface area contributed by atoms with Crippen LogP contribution < -0.4 is 11.1 Å². The number of halogens is 1. The van der Waals surface area contributed by atoms with E-state index >= 15 is 0 Å². The molecule has 0 saturated heterocycles. The van der Waals surface area contributed by atoms with Crippen molar-refractivity contribution >= 4 is 61.3 Å². The van der Waals surface area contributed by atoms with E-state index in [4.69, 9.17) is 17.3 Å². The van der Waals surface area contributed by atoms with Gasteiger partial charge in [0.15, 0.2) is 0 Å². The Morgan fingerprint density at radius 2 is 1.69 bits per heavy atom. The number of rotatable bonds is 3. The zero-order valence-electron chi connectivity index (χ0n) is 13.5. The number of hydrogen-bond acceptors (Lipinski definition) is 3. The van der Waals surface area contributed by atoms with E-state index in [1.165, 1.54) is 11.3 Å². The van der Waals surface area contributed by atoms with Gasteiger partial charge in [0.1, 0.15) is 4.88 Å². The molecule has 0 aliphatic carbocycles. The number of hydrogen-bond donors (Lipinski definition) is 2. The second-order valence-electron chi connectivity index (χ2n) is 5.77. The minimum atomic E-state index is -0.602. The van der Waals surface area contributed by atoms with E-state index in [2.05, 4.69) is 5.32 Å². The van der Waals surface area contributed by atoms with Gasteiger partial charge in [-0.15, -0.1) is 11.3 Å². The Balaban J connectivity index is 1.80. The molecule has 0 fully saturated rings. The zero-order valence-corrected chi connectivity index (χ0v) is 15.0. The van der Waals surface area contributed by atoms with E-state index in [0.717, 1.165) is 20.9 Å². The Bertz CT molecular complexity index is 1180. The molecule has 0 aliphatic rings. The summed E-state index contributed by atoms with van der Waals surface area (Å²) in [5, 5.41) is 6.08. The Hall–Kier alpha value is -2.89. The maximum absolute atomic E-state index is 12.8. The lowest BCUT2D eigenvalue weighted by atomic mass is 10.1. The van der Waals surface area contributed by atoms with E-state index in [0.29, 0.717) is 15.6 Å². The molecular formula is C20H13ClN2O2S. The second-order valence-corrected chi connectivity index (χ2v) is 7.20. The summed E-state index contributed by atoms with van der Waals surface area (Å²) in [5.74, 6) is -0.969. The average Bonchev–Trinajstić information content (AvgIpc) is 2.99. The number of thiophene rings is 1. The number of para-hydroxylation sites is 1. The lowest BCUT2D eigenvalue weighted by Gasteiger charge is -2.08. The van der Waals surface area contributed by atoms with Crippen molar-refractivity contribution in [1.82, 2.24) is 0 Å². The Morgan fingerprint density at radius 1 is 0.962 bits per heavy atom. The van der Waals surface area contributed by atoms with Crippen LogP contribution in [0.2, 0.25) is 5.02 Å². The average molecular weight is 381 g/mol. The second kappa shape index (κ2) is 6.44. The number of benzene rings is 3. The Labute approximate surface area is 158 Å². The molecule has 0 radical (unpaired) electrons. The lowest BCUT2D eigenvalue weighted by Crippen LogP contribution is -2.17. The van der Waals surface area contributed by atoms with E-state index in [9.17, 15) is 9.59 Å². The predicted octanol–water partition coefficient (Wildman–Crippen LogP) is 5.06. The molecule has 0 unspecified atom stereocenters. The van der Waals surface area contributed by atoms with Crippen LogP contribution in [-0.4, -0.2) is 11.8 Å². The minimum Gasteiger partial charge on any atom is -0.366 e. The van der Waals surface area contributed by atoms with Gasteiger partial charge in [0.05, 0.1) is 16.3 Å². The van der Waals surface area contributed by atoms with E-state index in [1.807, 2.05) is 36.4 Å². The molecule has 4 aromatic rings. The van der Waals surface area contributed by atoms with Crippen LogP contribution in [0.4, 0.5) is 5.69 Å². The van der Waals surface area contributed by atoms with Gasteiger partial charge in [-0.3, -0.25) is 9.59 Å². The van der Waals surface area contributed by atoms with Gasteiger partial charge in [-0.25, -0.2) is 0 Å². The van der Waals surface area contributed by atoms with Crippen LogP contribution in [0.5, 0.6) is 0 Å². The molecule has 0 spiro atoms. The highest BCUT2D eigenvalue weighted by molar-refractivity contribution is 7.22. The molecule has 0 bridgehead atoms. The van der Waals surface area contributed by atoms with Gasteiger partial charge in [0.25, 0.3) is 11.8 Å². The molecule has 6 heteroatoms. The normalized spacial score (nSPS) is 11.0. The molecule has 1 heterocycles. The molecule has 1 aromatic heterocycles. The first-order valence-electron chi connectivity index (χ1n) is 7.86. The largest absolute Gasteiger partial charge is 0.366 e. The number of amides is 2. The standard InChI is InChI=1S/C20H13ClN2O2S/c21-17-16-12-6-2-1-5-11(12)9-10-15(16)26-18(17)20(25)23-14-8-4-3-7-13(14)19(22)24/h1-10H,(H2,22,24)(H,23,25). The molecule has 128 valence electrons. The van der Waals surface area contributed by atoms with Gasteiger partial charge in [0, 0.05) is 10.1 Å². The third-order valence-electron chi connectivity index (χ3n) is 4.17. The molecule has 4 rings (SSSR count). The summed E-state index contributed by atoms with van der Waals surface area (Å²) in [5.41, 5.74) is 5.99. The Morgan fingerprint density at radius 3 is 2.50 bits per heavy atom. The maximum atomic E-state index is 12.8. The van der Waals surface area contributed by atoms with Crippen molar-refractivity contribution in [1.29, 1.82) is 0 Å². The smallest absolute Gasteiger partial charge is 0.267 e. The molecule has 0 aliphatic heterocycles. The van der Waals surface area contributed by atoms with Gasteiger partial charge in [0.2, 0.25) is 0 Å². The van der Waals surface area contributed by atoms with Crippen LogP contribution in [-0.2, 0) is 0 Å². The summed E-state index contributed by atoms with van der Waals surface area (Å²) in [4.78, 5) is 24.7. The summed E-state index contributed by atoms with van der Waals surface area (Å²) in [6, 6.07) is 18.5. The highest BCUT2D eigenvalue weighted by atomic mass is 35.5. The number of carbonyl (C=O) groups excluding carboxylic acids is 2. The lowest BCUT2D eigenvalue weighted by molar-refractivity contribution is 0.100. The molecule has 26 heavy (non-hydrogen) atoms. The van der Waals surface area contributed by atoms with Gasteiger partial charge < -0.3 is 11.1 Å². The molecule has 3 N–H and O–H groups in total. The van der Waals surface area contributed by atoms with Crippen LogP contribution in [0, 0.1) is 0 Å². The van der Waals surface area contributed by atoms with Crippen molar-refractivity contribution < 1.29 is 9.59 Å². The molecule has 0 atom stereocenters. The van der Waals surface area contributed by atoms with Crippen LogP contribution in [0.25, 0.3) is 20.9 Å². The zero-order chi connectivity index (χ0) is 18.3.